The van der Waals surface area contributed by atoms with Gasteiger partial charge in [0, 0.05) is 11.2 Å². The van der Waals surface area contributed by atoms with Gasteiger partial charge in [-0.25, -0.2) is 0 Å². The van der Waals surface area contributed by atoms with E-state index in [0.29, 0.717) is 13.0 Å². The first-order valence-electron chi connectivity index (χ1n) is 5.08. The lowest BCUT2D eigenvalue weighted by Crippen LogP contribution is -2.04. The molecule has 0 aromatic heterocycles. The number of carbonyl (C=O) groups excluding carboxylic acids is 1. The highest BCUT2D eigenvalue weighted by Gasteiger charge is 2.10. The normalized spacial score (nSPS) is 12.1. The summed E-state index contributed by atoms with van der Waals surface area (Å²) in [7, 11) is 0. The van der Waals surface area contributed by atoms with E-state index in [1.807, 2.05) is 37.3 Å². The van der Waals surface area contributed by atoms with Gasteiger partial charge in [0.25, 0.3) is 0 Å². The van der Waals surface area contributed by atoms with Crippen molar-refractivity contribution in [2.75, 3.05) is 6.61 Å². The van der Waals surface area contributed by atoms with Gasteiger partial charge in [-0.05, 0) is 18.9 Å². The monoisotopic (exact) mass is 270 g/mol. The molecule has 1 aromatic rings. The minimum Gasteiger partial charge on any atom is -0.466 e. The van der Waals surface area contributed by atoms with Crippen LogP contribution in [-0.4, -0.2) is 12.6 Å². The summed E-state index contributed by atoms with van der Waals surface area (Å²) in [4.78, 5) is 11.4. The van der Waals surface area contributed by atoms with Gasteiger partial charge in [0.1, 0.15) is 0 Å². The van der Waals surface area contributed by atoms with Crippen LogP contribution in [0.4, 0.5) is 0 Å². The van der Waals surface area contributed by atoms with Crippen molar-refractivity contribution in [2.45, 2.75) is 24.6 Å². The van der Waals surface area contributed by atoms with E-state index >= 15 is 0 Å². The van der Waals surface area contributed by atoms with Gasteiger partial charge in [-0.1, -0.05) is 46.3 Å². The summed E-state index contributed by atoms with van der Waals surface area (Å²) in [6.07, 6.45) is 1.22. The molecule has 0 radical (unpaired) electrons. The lowest BCUT2D eigenvalue weighted by atomic mass is 10.1. The average Bonchev–Trinajstić information content (AvgIpc) is 2.27. The van der Waals surface area contributed by atoms with Crippen molar-refractivity contribution < 1.29 is 9.53 Å². The number of benzene rings is 1. The molecule has 1 rings (SSSR count). The van der Waals surface area contributed by atoms with Crippen LogP contribution in [0.25, 0.3) is 0 Å². The van der Waals surface area contributed by atoms with E-state index in [2.05, 4.69) is 15.9 Å². The molecule has 2 nitrogen and oxygen atoms in total. The van der Waals surface area contributed by atoms with E-state index in [1.54, 1.807) is 0 Å². The minimum absolute atomic E-state index is 0.127. The summed E-state index contributed by atoms with van der Waals surface area (Å²) < 4.78 is 4.87. The van der Waals surface area contributed by atoms with Crippen molar-refractivity contribution in [3.63, 3.8) is 0 Å². The number of halogens is 1. The van der Waals surface area contributed by atoms with E-state index in [9.17, 15) is 4.79 Å². The molecule has 0 saturated heterocycles. The molecule has 1 aromatic carbocycles. The number of carbonyl (C=O) groups is 1. The van der Waals surface area contributed by atoms with Gasteiger partial charge in [0.05, 0.1) is 6.61 Å². The van der Waals surface area contributed by atoms with Crippen molar-refractivity contribution >= 4 is 21.9 Å². The van der Waals surface area contributed by atoms with E-state index in [4.69, 9.17) is 4.74 Å². The van der Waals surface area contributed by atoms with Gasteiger partial charge >= 0.3 is 5.97 Å². The molecule has 0 aliphatic rings. The Bertz CT molecular complexity index is 298. The van der Waals surface area contributed by atoms with Crippen LogP contribution in [0, 0.1) is 0 Å². The van der Waals surface area contributed by atoms with Crippen molar-refractivity contribution in [1.82, 2.24) is 0 Å². The van der Waals surface area contributed by atoms with Crippen LogP contribution in [0.15, 0.2) is 30.3 Å². The van der Waals surface area contributed by atoms with Crippen molar-refractivity contribution in [3.8, 4) is 0 Å². The second kappa shape index (κ2) is 6.62. The molecule has 0 amide bonds. The first kappa shape index (κ1) is 12.2. The van der Waals surface area contributed by atoms with Gasteiger partial charge in [-0.3, -0.25) is 4.79 Å². The minimum atomic E-state index is -0.127. The van der Waals surface area contributed by atoms with Crippen LogP contribution < -0.4 is 0 Å². The van der Waals surface area contributed by atoms with Crippen molar-refractivity contribution in [1.29, 1.82) is 0 Å². The van der Waals surface area contributed by atoms with E-state index in [1.165, 1.54) is 5.56 Å². The van der Waals surface area contributed by atoms with Crippen LogP contribution in [0.5, 0.6) is 0 Å². The second-order valence-electron chi connectivity index (χ2n) is 3.22. The molecule has 0 spiro atoms. The second-order valence-corrected chi connectivity index (χ2v) is 4.33. The summed E-state index contributed by atoms with van der Waals surface area (Å²) >= 11 is 3.56. The third-order valence-electron chi connectivity index (χ3n) is 2.07. The number of hydrogen-bond donors (Lipinski definition) is 0. The molecule has 0 N–H and O–H groups in total. The molecule has 0 saturated carbocycles. The van der Waals surface area contributed by atoms with Crippen molar-refractivity contribution in [3.05, 3.63) is 35.9 Å². The number of alkyl halides is 1. The van der Waals surface area contributed by atoms with Crippen LogP contribution >= 0.6 is 15.9 Å². The maximum absolute atomic E-state index is 11.1. The fourth-order valence-corrected chi connectivity index (χ4v) is 1.84. The Morgan fingerprint density at radius 1 is 1.40 bits per heavy atom. The number of rotatable bonds is 5. The summed E-state index contributed by atoms with van der Waals surface area (Å²) in [6, 6.07) is 10.1. The van der Waals surface area contributed by atoms with Gasteiger partial charge in [0.2, 0.25) is 0 Å². The SMILES string of the molecule is CCOC(=O)CC[C@@H](Br)c1ccccc1. The van der Waals surface area contributed by atoms with Crippen LogP contribution in [-0.2, 0) is 9.53 Å². The lowest BCUT2D eigenvalue weighted by molar-refractivity contribution is -0.143. The highest BCUT2D eigenvalue weighted by Crippen LogP contribution is 2.27. The Hall–Kier alpha value is -0.830. The Morgan fingerprint density at radius 3 is 2.67 bits per heavy atom. The fourth-order valence-electron chi connectivity index (χ4n) is 1.31. The Kier molecular flexibility index (Phi) is 5.40. The van der Waals surface area contributed by atoms with E-state index in [0.717, 1.165) is 6.42 Å². The molecule has 82 valence electrons. The summed E-state index contributed by atoms with van der Waals surface area (Å²) in [5.74, 6) is -0.127. The topological polar surface area (TPSA) is 26.3 Å². The molecule has 0 aliphatic carbocycles. The fraction of sp³-hybridized carbons (Fsp3) is 0.417. The summed E-state index contributed by atoms with van der Waals surface area (Å²) in [5.41, 5.74) is 1.20. The molecule has 15 heavy (non-hydrogen) atoms. The van der Waals surface area contributed by atoms with E-state index in [-0.39, 0.29) is 10.8 Å². The third kappa shape index (κ3) is 4.47. The number of hydrogen-bond acceptors (Lipinski definition) is 2. The smallest absolute Gasteiger partial charge is 0.305 e. The first-order chi connectivity index (χ1) is 7.24. The van der Waals surface area contributed by atoms with Crippen molar-refractivity contribution in [2.24, 2.45) is 0 Å². The molecule has 0 heterocycles. The first-order valence-corrected chi connectivity index (χ1v) is 6.00. The zero-order valence-corrected chi connectivity index (χ0v) is 10.4. The zero-order valence-electron chi connectivity index (χ0n) is 8.78. The summed E-state index contributed by atoms with van der Waals surface area (Å²) in [5, 5.41) is 0. The summed E-state index contributed by atoms with van der Waals surface area (Å²) in [6.45, 7) is 2.28. The Morgan fingerprint density at radius 2 is 2.07 bits per heavy atom. The third-order valence-corrected chi connectivity index (χ3v) is 3.05. The van der Waals surface area contributed by atoms with Gasteiger partial charge in [0.15, 0.2) is 0 Å². The van der Waals surface area contributed by atoms with Gasteiger partial charge < -0.3 is 4.74 Å². The molecule has 3 heteroatoms. The number of ether oxygens (including phenoxy) is 1. The highest BCUT2D eigenvalue weighted by atomic mass is 79.9. The molecule has 1 atom stereocenters. The maximum atomic E-state index is 11.1. The maximum Gasteiger partial charge on any atom is 0.305 e. The van der Waals surface area contributed by atoms with Gasteiger partial charge in [-0.15, -0.1) is 0 Å². The highest BCUT2D eigenvalue weighted by molar-refractivity contribution is 9.09. The zero-order chi connectivity index (χ0) is 11.1. The molecule has 0 unspecified atom stereocenters. The standard InChI is InChI=1S/C12H15BrO2/c1-2-15-12(14)9-8-11(13)10-6-4-3-5-7-10/h3-7,11H,2,8-9H2,1H3/t11-/m1/s1. The quantitative estimate of drug-likeness (QED) is 0.605. The predicted octanol–water partition coefficient (Wildman–Crippen LogP) is 3.47. The van der Waals surface area contributed by atoms with E-state index < -0.39 is 0 Å². The molecular formula is C12H15BrO2. The molecular weight excluding hydrogens is 256 g/mol. The molecule has 0 bridgehead atoms. The van der Waals surface area contributed by atoms with Crippen LogP contribution in [0.2, 0.25) is 0 Å². The predicted molar refractivity (Wildman–Crippen MR) is 64.0 cm³/mol. The van der Waals surface area contributed by atoms with Gasteiger partial charge in [-0.2, -0.15) is 0 Å². The molecule has 0 aliphatic heterocycles. The lowest BCUT2D eigenvalue weighted by Gasteiger charge is -2.09. The largest absolute Gasteiger partial charge is 0.466 e. The molecule has 0 fully saturated rings. The Balaban J connectivity index is 2.37. The average molecular weight is 271 g/mol. The van der Waals surface area contributed by atoms with Crippen LogP contribution in [0.1, 0.15) is 30.2 Å². The Labute approximate surface area is 98.8 Å². The number of esters is 1. The van der Waals surface area contributed by atoms with Crippen LogP contribution in [0.3, 0.4) is 0 Å².